The minimum absolute atomic E-state index is 0.0350. The number of nitrogens with one attached hydrogen (secondary N) is 4. The van der Waals surface area contributed by atoms with Crippen molar-refractivity contribution in [1.29, 1.82) is 0 Å². The molecule has 1 saturated heterocycles. The molecule has 3 amide bonds. The van der Waals surface area contributed by atoms with Gasteiger partial charge in [0.15, 0.2) is 12.4 Å². The summed E-state index contributed by atoms with van der Waals surface area (Å²) in [5.41, 5.74) is -0.0116. The molecule has 3 atom stereocenters. The molecule has 0 aliphatic carbocycles. The molecule has 2 aromatic rings. The van der Waals surface area contributed by atoms with E-state index in [9.17, 15) is 24.0 Å². The van der Waals surface area contributed by atoms with E-state index in [0.717, 1.165) is 5.39 Å². The smallest absolute Gasteiger partial charge is 0.326 e. The van der Waals surface area contributed by atoms with E-state index < -0.39 is 53.7 Å². The van der Waals surface area contributed by atoms with E-state index in [1.54, 1.807) is 58.2 Å². The fourth-order valence-electron chi connectivity index (χ4n) is 4.66. The monoisotopic (exact) mass is 585 g/mol. The molecule has 1 aliphatic rings. The number of rotatable bonds is 14. The van der Waals surface area contributed by atoms with Gasteiger partial charge in [0, 0.05) is 23.4 Å². The van der Waals surface area contributed by atoms with Gasteiger partial charge in [-0.05, 0) is 71.3 Å². The number of nitrogens with zero attached hydrogens (tertiary/aromatic N) is 1. The summed E-state index contributed by atoms with van der Waals surface area (Å²) >= 11 is 0. The number of Topliss-reactive ketones (excluding diaryl/α,β-unsaturated/α-hetero) is 1. The zero-order chi connectivity index (χ0) is 31.2. The summed E-state index contributed by atoms with van der Waals surface area (Å²) in [5, 5.41) is 8.99. The summed E-state index contributed by atoms with van der Waals surface area (Å²) in [6.45, 7) is 7.09. The van der Waals surface area contributed by atoms with Gasteiger partial charge in [-0.3, -0.25) is 28.9 Å². The number of benzene rings is 1. The van der Waals surface area contributed by atoms with E-state index in [-0.39, 0.29) is 23.9 Å². The molecule has 3 rings (SSSR count). The number of carbonyl (C=O) groups excluding carboxylic acids is 5. The van der Waals surface area contributed by atoms with Crippen LogP contribution >= 0.6 is 0 Å². The number of esters is 1. The molecule has 4 N–H and O–H groups in total. The van der Waals surface area contributed by atoms with Crippen molar-refractivity contribution in [3.05, 3.63) is 30.0 Å². The van der Waals surface area contributed by atoms with Gasteiger partial charge in [0.2, 0.25) is 11.8 Å². The molecule has 0 spiro atoms. The fraction of sp³-hybridized carbons (Fsp3) is 0.567. The number of ketones is 1. The number of hydrogen-bond acceptors (Lipinski definition) is 8. The van der Waals surface area contributed by atoms with Gasteiger partial charge >= 0.3 is 5.97 Å². The van der Waals surface area contributed by atoms with E-state index in [4.69, 9.17) is 9.47 Å². The lowest BCUT2D eigenvalue weighted by Gasteiger charge is -2.30. The normalized spacial score (nSPS) is 16.7. The Morgan fingerprint density at radius 3 is 2.43 bits per heavy atom. The number of methoxy groups -OCH3 is 1. The highest BCUT2D eigenvalue weighted by Crippen LogP contribution is 2.26. The fourth-order valence-corrected chi connectivity index (χ4v) is 4.66. The molecule has 2 heterocycles. The van der Waals surface area contributed by atoms with E-state index in [2.05, 4.69) is 20.9 Å². The predicted molar refractivity (Wildman–Crippen MR) is 157 cm³/mol. The van der Waals surface area contributed by atoms with Gasteiger partial charge in [-0.15, -0.1) is 0 Å². The van der Waals surface area contributed by atoms with Crippen LogP contribution in [0.3, 0.4) is 0 Å². The number of carbonyl (C=O) groups is 5. The maximum Gasteiger partial charge on any atom is 0.326 e. The Bertz CT molecular complexity index is 1320. The number of aromatic nitrogens is 1. The number of likely N-dealkylation sites (N-methyl/N-ethyl adjacent to an activating group) is 1. The van der Waals surface area contributed by atoms with Crippen LogP contribution in [0.25, 0.3) is 10.9 Å². The van der Waals surface area contributed by atoms with Gasteiger partial charge in [-0.2, -0.15) is 0 Å². The maximum atomic E-state index is 13.6. The lowest BCUT2D eigenvalue weighted by Crippen LogP contribution is -2.53. The molecule has 12 nitrogen and oxygen atoms in total. The number of H-pyrrole nitrogens is 1. The molecule has 42 heavy (non-hydrogen) atoms. The molecule has 0 bridgehead atoms. The first-order chi connectivity index (χ1) is 19.7. The van der Waals surface area contributed by atoms with Crippen LogP contribution in [0.5, 0.6) is 5.75 Å². The van der Waals surface area contributed by atoms with Crippen molar-refractivity contribution in [2.45, 2.75) is 64.6 Å². The van der Waals surface area contributed by atoms with Gasteiger partial charge in [0.1, 0.15) is 23.0 Å². The zero-order valence-corrected chi connectivity index (χ0v) is 25.5. The van der Waals surface area contributed by atoms with E-state index >= 15 is 0 Å². The van der Waals surface area contributed by atoms with Gasteiger partial charge in [-0.1, -0.05) is 19.9 Å². The second kappa shape index (κ2) is 13.8. The Hall–Kier alpha value is -3.93. The van der Waals surface area contributed by atoms with E-state index in [0.29, 0.717) is 30.7 Å². The second-order valence-electron chi connectivity index (χ2n) is 11.8. The zero-order valence-electron chi connectivity index (χ0n) is 25.5. The highest BCUT2D eigenvalue weighted by atomic mass is 16.5. The maximum absolute atomic E-state index is 13.6. The summed E-state index contributed by atoms with van der Waals surface area (Å²) in [6.07, 6.45) is 0.870. The summed E-state index contributed by atoms with van der Waals surface area (Å²) in [7, 11) is 4.99. The molecule has 1 fully saturated rings. The van der Waals surface area contributed by atoms with Gasteiger partial charge in [0.05, 0.1) is 13.2 Å². The molecule has 0 unspecified atom stereocenters. The van der Waals surface area contributed by atoms with Crippen molar-refractivity contribution in [3.8, 4) is 5.75 Å². The third-order valence-electron chi connectivity index (χ3n) is 7.77. The van der Waals surface area contributed by atoms with E-state index in [1.165, 1.54) is 0 Å². The average molecular weight is 586 g/mol. The first-order valence-electron chi connectivity index (χ1n) is 14.2. The van der Waals surface area contributed by atoms with Crippen molar-refractivity contribution in [1.82, 2.24) is 25.8 Å². The molecular weight excluding hydrogens is 542 g/mol. The number of amides is 3. The van der Waals surface area contributed by atoms with Crippen LogP contribution in [-0.4, -0.2) is 91.3 Å². The topological polar surface area (TPSA) is 159 Å². The largest absolute Gasteiger partial charge is 0.496 e. The molecule has 1 aromatic heterocycles. The van der Waals surface area contributed by atoms with Crippen molar-refractivity contribution in [2.24, 2.45) is 11.8 Å². The molecule has 1 aliphatic heterocycles. The summed E-state index contributed by atoms with van der Waals surface area (Å²) in [4.78, 5) is 69.7. The minimum atomic E-state index is -1.09. The Labute approximate surface area is 246 Å². The third kappa shape index (κ3) is 7.87. The lowest BCUT2D eigenvalue weighted by atomic mass is 9.95. The summed E-state index contributed by atoms with van der Waals surface area (Å²) < 4.78 is 10.7. The van der Waals surface area contributed by atoms with Gasteiger partial charge < -0.3 is 30.4 Å². The number of fused-ring (bicyclic) bond motifs is 1. The van der Waals surface area contributed by atoms with Crippen molar-refractivity contribution >= 4 is 40.4 Å². The van der Waals surface area contributed by atoms with Crippen LogP contribution in [0.4, 0.5) is 0 Å². The second-order valence-corrected chi connectivity index (χ2v) is 11.8. The van der Waals surface area contributed by atoms with Crippen LogP contribution in [0.2, 0.25) is 0 Å². The van der Waals surface area contributed by atoms with Crippen LogP contribution in [0, 0.1) is 11.8 Å². The van der Waals surface area contributed by atoms with Crippen LogP contribution < -0.4 is 20.7 Å². The van der Waals surface area contributed by atoms with Gasteiger partial charge in [0.25, 0.3) is 5.91 Å². The van der Waals surface area contributed by atoms with Crippen LogP contribution in [-0.2, 0) is 23.9 Å². The molecule has 230 valence electrons. The Kier molecular flexibility index (Phi) is 10.7. The molecule has 0 radical (unpaired) electrons. The van der Waals surface area contributed by atoms with Crippen LogP contribution in [0.15, 0.2) is 24.3 Å². The van der Waals surface area contributed by atoms with E-state index in [1.807, 2.05) is 19.9 Å². The summed E-state index contributed by atoms with van der Waals surface area (Å²) in [6, 6.07) is 5.00. The Morgan fingerprint density at radius 1 is 1.12 bits per heavy atom. The minimum Gasteiger partial charge on any atom is -0.496 e. The Morgan fingerprint density at radius 2 is 1.83 bits per heavy atom. The first-order valence-corrected chi connectivity index (χ1v) is 14.2. The van der Waals surface area contributed by atoms with Gasteiger partial charge in [-0.25, -0.2) is 0 Å². The highest BCUT2D eigenvalue weighted by molar-refractivity contribution is 6.02. The molecule has 0 saturated carbocycles. The van der Waals surface area contributed by atoms with Crippen molar-refractivity contribution < 1.29 is 33.4 Å². The number of aromatic amines is 1. The summed E-state index contributed by atoms with van der Waals surface area (Å²) in [5.74, 6) is -2.23. The molecular formula is C30H43N5O7. The van der Waals surface area contributed by atoms with Crippen molar-refractivity contribution in [2.75, 3.05) is 34.4 Å². The molecule has 12 heteroatoms. The predicted octanol–water partition coefficient (Wildman–Crippen LogP) is 1.78. The van der Waals surface area contributed by atoms with Crippen molar-refractivity contribution in [3.63, 3.8) is 0 Å². The highest BCUT2D eigenvalue weighted by Gasteiger charge is 2.36. The Balaban J connectivity index is 1.77. The number of ether oxygens (including phenoxy) is 2. The lowest BCUT2D eigenvalue weighted by molar-refractivity contribution is -0.158. The standard InChI is InChI=1S/C30H43N5O7/c1-17(2)13-22(34-28(39)23-15-19-20(32-23)9-8-10-25(19)41-7)27(38)33-21(14-18-11-12-31-26(18)37)24(36)16-42-29(40)30(3,4)35(5)6/h8-10,15,17-18,21-22,32H,11-14,16H2,1-7H3,(H,31,37)(H,33,38)(H,34,39)/t18-,21-,22-/m0/s1. The average Bonchev–Trinajstić information content (AvgIpc) is 3.56. The SMILES string of the molecule is COc1cccc2[nH]c(C(=O)N[C@@H](CC(C)C)C(=O)N[C@@H](C[C@@H]3CCNC3=O)C(=O)COC(=O)C(C)(C)N(C)C)cc12. The molecule has 1 aromatic carbocycles. The van der Waals surface area contributed by atoms with Crippen LogP contribution in [0.1, 0.15) is 57.4 Å². The first kappa shape index (κ1) is 32.6. The quantitative estimate of drug-likeness (QED) is 0.244. The number of hydrogen-bond donors (Lipinski definition) is 4. The third-order valence-corrected chi connectivity index (χ3v) is 7.77.